The Balaban J connectivity index is 1.45. The summed E-state index contributed by atoms with van der Waals surface area (Å²) in [5, 5.41) is 4.61. The third kappa shape index (κ3) is 4.72. The lowest BCUT2D eigenvalue weighted by Gasteiger charge is -2.35. The largest absolute Gasteiger partial charge is 0.492 e. The van der Waals surface area contributed by atoms with Gasteiger partial charge in [0.05, 0.1) is 18.0 Å². The van der Waals surface area contributed by atoms with Crippen LogP contribution in [-0.4, -0.2) is 53.3 Å². The van der Waals surface area contributed by atoms with Crippen molar-refractivity contribution in [3.63, 3.8) is 0 Å². The lowest BCUT2D eigenvalue weighted by atomic mass is 9.98. The standard InChI is InChI=1S/C23H25ClN4O2S/c1-3-30-19-7-5-4-6-18(19)25-22(29)28-14-12-23(13-15-28)26-20(21(27-23)31-2)16-8-10-17(24)11-9-16/h4-11H,3,12-15H2,1-2H3,(H,25,29). The number of thioether (sulfide) groups is 1. The van der Waals surface area contributed by atoms with Crippen LogP contribution in [0.15, 0.2) is 58.5 Å². The summed E-state index contributed by atoms with van der Waals surface area (Å²) in [6, 6.07) is 15.0. The minimum absolute atomic E-state index is 0.129. The minimum atomic E-state index is -0.493. The first-order chi connectivity index (χ1) is 15.0. The number of benzene rings is 2. The van der Waals surface area contributed by atoms with Gasteiger partial charge < -0.3 is 15.0 Å². The van der Waals surface area contributed by atoms with Crippen LogP contribution in [0, 0.1) is 0 Å². The molecule has 4 rings (SSSR count). The maximum Gasteiger partial charge on any atom is 0.321 e. The second-order valence-corrected chi connectivity index (χ2v) is 8.65. The molecule has 0 bridgehead atoms. The number of halogens is 1. The van der Waals surface area contributed by atoms with Gasteiger partial charge in [-0.3, -0.25) is 4.99 Å². The highest BCUT2D eigenvalue weighted by atomic mass is 35.5. The molecule has 2 aliphatic rings. The molecule has 162 valence electrons. The molecule has 2 aromatic carbocycles. The molecule has 0 aliphatic carbocycles. The molecule has 0 aromatic heterocycles. The monoisotopic (exact) mass is 456 g/mol. The van der Waals surface area contributed by atoms with E-state index in [0.717, 1.165) is 16.3 Å². The fourth-order valence-electron chi connectivity index (χ4n) is 3.80. The molecule has 1 saturated heterocycles. The quantitative estimate of drug-likeness (QED) is 0.676. The Hall–Kier alpha value is -2.51. The molecule has 2 aliphatic heterocycles. The van der Waals surface area contributed by atoms with E-state index < -0.39 is 5.66 Å². The van der Waals surface area contributed by atoms with Crippen molar-refractivity contribution in [2.75, 3.05) is 31.3 Å². The molecule has 0 saturated carbocycles. The SMILES string of the molecule is CCOc1ccccc1NC(=O)N1CCC2(CC1)N=C(SC)C(c1ccc(Cl)cc1)=N2. The van der Waals surface area contributed by atoms with Gasteiger partial charge in [-0.1, -0.05) is 35.9 Å². The number of anilines is 1. The van der Waals surface area contributed by atoms with Crippen LogP contribution in [-0.2, 0) is 0 Å². The van der Waals surface area contributed by atoms with Gasteiger partial charge in [0.25, 0.3) is 0 Å². The van der Waals surface area contributed by atoms with E-state index in [4.69, 9.17) is 26.3 Å². The second kappa shape index (κ2) is 9.32. The van der Waals surface area contributed by atoms with Crippen molar-refractivity contribution in [2.45, 2.75) is 25.4 Å². The number of rotatable bonds is 4. The number of carbonyl (C=O) groups is 1. The zero-order valence-electron chi connectivity index (χ0n) is 17.6. The van der Waals surface area contributed by atoms with Gasteiger partial charge in [0.2, 0.25) is 0 Å². The smallest absolute Gasteiger partial charge is 0.321 e. The Morgan fingerprint density at radius 3 is 2.55 bits per heavy atom. The van der Waals surface area contributed by atoms with Crippen molar-refractivity contribution in [1.29, 1.82) is 0 Å². The number of para-hydroxylation sites is 2. The van der Waals surface area contributed by atoms with E-state index in [2.05, 4.69) is 5.32 Å². The van der Waals surface area contributed by atoms with Gasteiger partial charge in [-0.05, 0) is 37.4 Å². The Labute approximate surface area is 191 Å². The van der Waals surface area contributed by atoms with E-state index in [-0.39, 0.29) is 6.03 Å². The number of carbonyl (C=O) groups excluding carboxylic acids is 1. The van der Waals surface area contributed by atoms with Crippen molar-refractivity contribution < 1.29 is 9.53 Å². The molecule has 31 heavy (non-hydrogen) atoms. The molecule has 0 radical (unpaired) electrons. The first-order valence-corrected chi connectivity index (χ1v) is 11.9. The summed E-state index contributed by atoms with van der Waals surface area (Å²) < 4.78 is 5.61. The van der Waals surface area contributed by atoms with Gasteiger partial charge >= 0.3 is 6.03 Å². The van der Waals surface area contributed by atoms with Gasteiger partial charge in [0.15, 0.2) is 5.66 Å². The molecule has 6 nitrogen and oxygen atoms in total. The van der Waals surface area contributed by atoms with Gasteiger partial charge in [-0.15, -0.1) is 11.8 Å². The zero-order valence-corrected chi connectivity index (χ0v) is 19.2. The lowest BCUT2D eigenvalue weighted by molar-refractivity contribution is 0.175. The summed E-state index contributed by atoms with van der Waals surface area (Å²) in [6.07, 6.45) is 3.39. The minimum Gasteiger partial charge on any atom is -0.492 e. The highest BCUT2D eigenvalue weighted by molar-refractivity contribution is 8.15. The number of aliphatic imine (C=N–C) groups is 2. The summed E-state index contributed by atoms with van der Waals surface area (Å²) in [5.74, 6) is 0.675. The number of likely N-dealkylation sites (tertiary alicyclic amines) is 1. The van der Waals surface area contributed by atoms with Gasteiger partial charge in [0, 0.05) is 36.5 Å². The Morgan fingerprint density at radius 2 is 1.87 bits per heavy atom. The number of nitrogens with one attached hydrogen (secondary N) is 1. The Kier molecular flexibility index (Phi) is 6.53. The maximum absolute atomic E-state index is 12.8. The lowest BCUT2D eigenvalue weighted by Crippen LogP contribution is -2.46. The topological polar surface area (TPSA) is 66.3 Å². The summed E-state index contributed by atoms with van der Waals surface area (Å²) in [6.45, 7) is 3.64. The van der Waals surface area contributed by atoms with Crippen molar-refractivity contribution >= 4 is 45.8 Å². The fourth-order valence-corrected chi connectivity index (χ4v) is 4.54. The van der Waals surface area contributed by atoms with Crippen LogP contribution in [0.25, 0.3) is 0 Å². The highest BCUT2D eigenvalue weighted by Gasteiger charge is 2.40. The Morgan fingerprint density at radius 1 is 1.16 bits per heavy atom. The summed E-state index contributed by atoms with van der Waals surface area (Å²) in [4.78, 5) is 24.6. The number of amides is 2. The summed E-state index contributed by atoms with van der Waals surface area (Å²) in [5.41, 5.74) is 2.11. The molecule has 1 spiro atoms. The van der Waals surface area contributed by atoms with Crippen molar-refractivity contribution in [2.24, 2.45) is 9.98 Å². The van der Waals surface area contributed by atoms with Crippen LogP contribution < -0.4 is 10.1 Å². The predicted octanol–water partition coefficient (Wildman–Crippen LogP) is 5.33. The zero-order chi connectivity index (χ0) is 21.8. The van der Waals surface area contributed by atoms with Crippen molar-refractivity contribution in [3.05, 3.63) is 59.1 Å². The van der Waals surface area contributed by atoms with Crippen LogP contribution in [0.5, 0.6) is 5.75 Å². The number of nitrogens with zero attached hydrogens (tertiary/aromatic N) is 3. The summed E-state index contributed by atoms with van der Waals surface area (Å²) >= 11 is 7.64. The molecule has 2 amide bonds. The number of piperidine rings is 1. The average molecular weight is 457 g/mol. The van der Waals surface area contributed by atoms with Crippen LogP contribution >= 0.6 is 23.4 Å². The number of hydrogen-bond donors (Lipinski definition) is 1. The van der Waals surface area contributed by atoms with Gasteiger partial charge in [-0.2, -0.15) is 0 Å². The third-order valence-electron chi connectivity index (χ3n) is 5.42. The van der Waals surface area contributed by atoms with Crippen LogP contribution in [0.4, 0.5) is 10.5 Å². The highest BCUT2D eigenvalue weighted by Crippen LogP contribution is 2.35. The normalized spacial score (nSPS) is 17.3. The number of ether oxygens (including phenoxy) is 1. The van der Waals surface area contributed by atoms with Crippen LogP contribution in [0.2, 0.25) is 5.02 Å². The second-order valence-electron chi connectivity index (χ2n) is 7.42. The van der Waals surface area contributed by atoms with E-state index >= 15 is 0 Å². The van der Waals surface area contributed by atoms with Crippen molar-refractivity contribution in [1.82, 2.24) is 4.90 Å². The number of urea groups is 1. The maximum atomic E-state index is 12.8. The fraction of sp³-hybridized carbons (Fsp3) is 0.348. The van der Waals surface area contributed by atoms with E-state index in [9.17, 15) is 4.79 Å². The third-order valence-corrected chi connectivity index (χ3v) is 6.35. The number of hydrogen-bond acceptors (Lipinski definition) is 5. The molecule has 8 heteroatoms. The molecular weight excluding hydrogens is 432 g/mol. The molecule has 1 N–H and O–H groups in total. The molecule has 1 fully saturated rings. The molecule has 0 unspecified atom stereocenters. The first-order valence-electron chi connectivity index (χ1n) is 10.3. The summed E-state index contributed by atoms with van der Waals surface area (Å²) in [7, 11) is 0. The molecule has 0 atom stereocenters. The molecule has 2 heterocycles. The van der Waals surface area contributed by atoms with E-state index in [0.29, 0.717) is 49.0 Å². The van der Waals surface area contributed by atoms with E-state index in [1.165, 1.54) is 0 Å². The van der Waals surface area contributed by atoms with E-state index in [1.54, 1.807) is 11.8 Å². The Bertz CT molecular complexity index is 1010. The van der Waals surface area contributed by atoms with Crippen molar-refractivity contribution in [3.8, 4) is 5.75 Å². The molecule has 2 aromatic rings. The molecular formula is C23H25ClN4O2S. The predicted molar refractivity (Wildman–Crippen MR) is 129 cm³/mol. The van der Waals surface area contributed by atoms with E-state index in [1.807, 2.05) is 66.6 Å². The average Bonchev–Trinajstić information content (AvgIpc) is 3.14. The van der Waals surface area contributed by atoms with Crippen LogP contribution in [0.1, 0.15) is 25.3 Å². The van der Waals surface area contributed by atoms with Gasteiger partial charge in [0.1, 0.15) is 10.8 Å². The van der Waals surface area contributed by atoms with Crippen LogP contribution in [0.3, 0.4) is 0 Å². The van der Waals surface area contributed by atoms with Gasteiger partial charge in [-0.25, -0.2) is 9.79 Å². The first kappa shape index (κ1) is 21.7.